The lowest BCUT2D eigenvalue weighted by Gasteiger charge is -2.24. The predicted molar refractivity (Wildman–Crippen MR) is 115 cm³/mol. The van der Waals surface area contributed by atoms with Gasteiger partial charge in [0.15, 0.2) is 0 Å². The van der Waals surface area contributed by atoms with Gasteiger partial charge in [0.2, 0.25) is 17.7 Å². The van der Waals surface area contributed by atoms with Crippen LogP contribution in [-0.4, -0.2) is 51.9 Å². The molecule has 0 fully saturated rings. The number of primary amides is 1. The minimum atomic E-state index is -1.17. The SMILES string of the molecule is CC(C)C(NC(=O)C(Cc1c[nH]c2ccccc12)NC(=O)C(N)CCC(N)=O)C(=O)O. The van der Waals surface area contributed by atoms with Gasteiger partial charge in [-0.3, -0.25) is 14.4 Å². The number of carbonyl (C=O) groups excluding carboxylic acids is 3. The van der Waals surface area contributed by atoms with Crippen LogP contribution >= 0.6 is 0 Å². The van der Waals surface area contributed by atoms with E-state index in [0.29, 0.717) is 0 Å². The second-order valence-electron chi connectivity index (χ2n) is 7.80. The van der Waals surface area contributed by atoms with Gasteiger partial charge in [0.25, 0.3) is 0 Å². The number of nitrogens with two attached hydrogens (primary N) is 2. The minimum Gasteiger partial charge on any atom is -0.480 e. The van der Waals surface area contributed by atoms with Crippen molar-refractivity contribution in [2.45, 2.75) is 51.2 Å². The van der Waals surface area contributed by atoms with Crippen molar-refractivity contribution in [3.8, 4) is 0 Å². The Morgan fingerprint density at radius 1 is 1.10 bits per heavy atom. The Bertz CT molecular complexity index is 955. The molecule has 0 aliphatic carbocycles. The molecule has 2 aromatic rings. The highest BCUT2D eigenvalue weighted by Crippen LogP contribution is 2.19. The third kappa shape index (κ3) is 6.54. The van der Waals surface area contributed by atoms with Crippen molar-refractivity contribution in [3.63, 3.8) is 0 Å². The Labute approximate surface area is 179 Å². The standard InChI is InChI=1S/C21H29N5O5/c1-11(2)18(21(30)31)26-20(29)16(25-19(28)14(22)7-8-17(23)27)9-12-10-24-15-6-4-3-5-13(12)15/h3-6,10-11,14,16,18,24H,7-9,22H2,1-2H3,(H2,23,27)(H,25,28)(H,26,29)(H,30,31). The van der Waals surface area contributed by atoms with Crippen LogP contribution in [0.5, 0.6) is 0 Å². The first-order chi connectivity index (χ1) is 14.6. The van der Waals surface area contributed by atoms with Gasteiger partial charge in [-0.2, -0.15) is 0 Å². The Balaban J connectivity index is 2.23. The molecule has 2 rings (SSSR count). The molecule has 168 valence electrons. The highest BCUT2D eigenvalue weighted by atomic mass is 16.4. The number of aliphatic carboxylic acids is 1. The maximum absolute atomic E-state index is 12.9. The number of para-hydroxylation sites is 1. The predicted octanol–water partition coefficient (Wildman–Crippen LogP) is 0.0134. The minimum absolute atomic E-state index is 0.0341. The number of nitrogens with one attached hydrogen (secondary N) is 3. The van der Waals surface area contributed by atoms with Crippen LogP contribution in [0.15, 0.2) is 30.5 Å². The zero-order valence-electron chi connectivity index (χ0n) is 17.6. The number of carboxylic acid groups (broad SMARTS) is 1. The summed E-state index contributed by atoms with van der Waals surface area (Å²) in [6.07, 6.45) is 1.82. The maximum atomic E-state index is 12.9. The average Bonchev–Trinajstić information content (AvgIpc) is 3.11. The third-order valence-electron chi connectivity index (χ3n) is 5.00. The van der Waals surface area contributed by atoms with Crippen molar-refractivity contribution in [2.24, 2.45) is 17.4 Å². The lowest BCUT2D eigenvalue weighted by molar-refractivity contribution is -0.143. The summed E-state index contributed by atoms with van der Waals surface area (Å²) in [5.74, 6) is -3.38. The van der Waals surface area contributed by atoms with Crippen LogP contribution in [-0.2, 0) is 25.6 Å². The molecule has 3 atom stereocenters. The van der Waals surface area contributed by atoms with Crippen molar-refractivity contribution in [1.29, 1.82) is 0 Å². The molecule has 10 heteroatoms. The molecule has 8 N–H and O–H groups in total. The Morgan fingerprint density at radius 3 is 2.39 bits per heavy atom. The highest BCUT2D eigenvalue weighted by Gasteiger charge is 2.30. The Hall–Kier alpha value is -3.40. The number of carbonyl (C=O) groups is 4. The molecule has 3 unspecified atom stereocenters. The van der Waals surface area contributed by atoms with E-state index in [9.17, 15) is 24.3 Å². The van der Waals surface area contributed by atoms with Crippen LogP contribution in [0.25, 0.3) is 10.9 Å². The Morgan fingerprint density at radius 2 is 1.77 bits per heavy atom. The fraction of sp³-hybridized carbons (Fsp3) is 0.429. The monoisotopic (exact) mass is 431 g/mol. The van der Waals surface area contributed by atoms with E-state index in [-0.39, 0.29) is 25.2 Å². The van der Waals surface area contributed by atoms with Crippen molar-refractivity contribution >= 4 is 34.6 Å². The van der Waals surface area contributed by atoms with E-state index in [2.05, 4.69) is 15.6 Å². The summed E-state index contributed by atoms with van der Waals surface area (Å²) in [6, 6.07) is 4.27. The van der Waals surface area contributed by atoms with E-state index in [1.54, 1.807) is 20.0 Å². The number of fused-ring (bicyclic) bond motifs is 1. The van der Waals surface area contributed by atoms with Crippen LogP contribution in [0.3, 0.4) is 0 Å². The zero-order chi connectivity index (χ0) is 23.1. The van der Waals surface area contributed by atoms with Gasteiger partial charge < -0.3 is 32.2 Å². The van der Waals surface area contributed by atoms with Gasteiger partial charge in [-0.25, -0.2) is 4.79 Å². The van der Waals surface area contributed by atoms with Crippen LogP contribution in [0, 0.1) is 5.92 Å². The number of hydrogen-bond acceptors (Lipinski definition) is 5. The number of aromatic amines is 1. The lowest BCUT2D eigenvalue weighted by Crippen LogP contribution is -2.56. The molecule has 0 bridgehead atoms. The van der Waals surface area contributed by atoms with Gasteiger partial charge in [0.1, 0.15) is 12.1 Å². The third-order valence-corrected chi connectivity index (χ3v) is 5.00. The summed E-state index contributed by atoms with van der Waals surface area (Å²) in [5.41, 5.74) is 12.6. The van der Waals surface area contributed by atoms with Crippen molar-refractivity contribution in [1.82, 2.24) is 15.6 Å². The van der Waals surface area contributed by atoms with Gasteiger partial charge in [0, 0.05) is 29.9 Å². The second kappa shape index (κ2) is 10.6. The highest BCUT2D eigenvalue weighted by molar-refractivity contribution is 5.93. The van der Waals surface area contributed by atoms with Crippen molar-refractivity contribution in [3.05, 3.63) is 36.0 Å². The summed E-state index contributed by atoms with van der Waals surface area (Å²) in [7, 11) is 0. The van der Waals surface area contributed by atoms with E-state index < -0.39 is 41.8 Å². The fourth-order valence-electron chi connectivity index (χ4n) is 3.20. The van der Waals surface area contributed by atoms with E-state index in [0.717, 1.165) is 16.5 Å². The molecule has 1 heterocycles. The number of H-pyrrole nitrogens is 1. The Kier molecular flexibility index (Phi) is 8.14. The van der Waals surface area contributed by atoms with Crippen molar-refractivity contribution < 1.29 is 24.3 Å². The van der Waals surface area contributed by atoms with E-state index >= 15 is 0 Å². The quantitative estimate of drug-likeness (QED) is 0.291. The molecule has 0 aliphatic heterocycles. The smallest absolute Gasteiger partial charge is 0.326 e. The van der Waals surface area contributed by atoms with Crippen LogP contribution in [0.2, 0.25) is 0 Å². The molecule has 3 amide bonds. The maximum Gasteiger partial charge on any atom is 0.326 e. The van der Waals surface area contributed by atoms with Gasteiger partial charge in [0.05, 0.1) is 6.04 Å². The summed E-state index contributed by atoms with van der Waals surface area (Å²) in [4.78, 5) is 51.0. The first-order valence-electron chi connectivity index (χ1n) is 10.0. The van der Waals surface area contributed by atoms with Gasteiger partial charge in [-0.1, -0.05) is 32.0 Å². The summed E-state index contributed by atoms with van der Waals surface area (Å²) in [5, 5.41) is 15.4. The number of aromatic nitrogens is 1. The molecule has 10 nitrogen and oxygen atoms in total. The van der Waals surface area contributed by atoms with Crippen molar-refractivity contribution in [2.75, 3.05) is 0 Å². The van der Waals surface area contributed by atoms with Gasteiger partial charge in [-0.05, 0) is 24.0 Å². The molecular formula is C21H29N5O5. The topological polar surface area (TPSA) is 180 Å². The summed E-state index contributed by atoms with van der Waals surface area (Å²) in [6.45, 7) is 3.35. The van der Waals surface area contributed by atoms with E-state index in [1.807, 2.05) is 24.3 Å². The molecule has 0 radical (unpaired) electrons. The number of carboxylic acids is 1. The molecule has 1 aromatic heterocycles. The number of amides is 3. The molecule has 0 saturated heterocycles. The number of benzene rings is 1. The zero-order valence-corrected chi connectivity index (χ0v) is 17.6. The largest absolute Gasteiger partial charge is 0.480 e. The van der Waals surface area contributed by atoms with E-state index in [1.165, 1.54) is 0 Å². The summed E-state index contributed by atoms with van der Waals surface area (Å²) < 4.78 is 0. The second-order valence-corrected chi connectivity index (χ2v) is 7.80. The normalized spacial score (nSPS) is 14.1. The molecule has 1 aromatic carbocycles. The molecule has 0 spiro atoms. The summed E-state index contributed by atoms with van der Waals surface area (Å²) >= 11 is 0. The average molecular weight is 431 g/mol. The number of rotatable bonds is 11. The van der Waals surface area contributed by atoms with E-state index in [4.69, 9.17) is 11.5 Å². The fourth-order valence-corrected chi connectivity index (χ4v) is 3.20. The van der Waals surface area contributed by atoms with Gasteiger partial charge >= 0.3 is 5.97 Å². The number of hydrogen-bond donors (Lipinski definition) is 6. The molecule has 0 saturated carbocycles. The van der Waals surface area contributed by atoms with Crippen LogP contribution in [0.1, 0.15) is 32.3 Å². The first kappa shape index (κ1) is 23.9. The first-order valence-corrected chi connectivity index (χ1v) is 10.0. The molecule has 0 aliphatic rings. The van der Waals surface area contributed by atoms with Crippen LogP contribution in [0.4, 0.5) is 0 Å². The van der Waals surface area contributed by atoms with Crippen LogP contribution < -0.4 is 22.1 Å². The molecular weight excluding hydrogens is 402 g/mol. The van der Waals surface area contributed by atoms with Gasteiger partial charge in [-0.15, -0.1) is 0 Å². The lowest BCUT2D eigenvalue weighted by atomic mass is 10.0. The molecule has 31 heavy (non-hydrogen) atoms.